The van der Waals surface area contributed by atoms with Crippen molar-refractivity contribution < 1.29 is 0 Å². The Balaban J connectivity index is 3.02. The molecule has 1 rings (SSSR count). The number of rotatable bonds is 0. The summed E-state index contributed by atoms with van der Waals surface area (Å²) < 4.78 is 0. The van der Waals surface area contributed by atoms with Crippen LogP contribution in [0, 0.1) is 12.4 Å². The van der Waals surface area contributed by atoms with Gasteiger partial charge in [0.1, 0.15) is 0 Å². The van der Waals surface area contributed by atoms with E-state index < -0.39 is 0 Å². The van der Waals surface area contributed by atoms with Crippen LogP contribution in [-0.4, -0.2) is 9.97 Å². The molecule has 0 spiro atoms. The Labute approximate surface area is 41.2 Å². The van der Waals surface area contributed by atoms with E-state index in [1.54, 1.807) is 0 Å². The third-order valence-corrected chi connectivity index (χ3v) is 0.487. The van der Waals surface area contributed by atoms with Crippen LogP contribution in [0.3, 0.4) is 0 Å². The lowest BCUT2D eigenvalue weighted by atomic mass is 10.7. The Morgan fingerprint density at radius 2 is 2.00 bits per heavy atom. The zero-order valence-electron chi connectivity index (χ0n) is 3.55. The van der Waals surface area contributed by atoms with Gasteiger partial charge in [-0.2, -0.15) is 0 Å². The van der Waals surface area contributed by atoms with E-state index in [2.05, 4.69) is 22.4 Å². The highest BCUT2D eigenvalue weighted by Gasteiger charge is 1.77. The summed E-state index contributed by atoms with van der Waals surface area (Å²) in [6.45, 7) is 0. The fraction of sp³-hybridized carbons (Fsp3) is 0. The minimum atomic E-state index is 0.211. The van der Waals surface area contributed by atoms with Gasteiger partial charge in [0, 0.05) is 0 Å². The van der Waals surface area contributed by atoms with Gasteiger partial charge < -0.3 is 5.73 Å². The smallest absolute Gasteiger partial charge is 0.221 e. The van der Waals surface area contributed by atoms with E-state index in [1.165, 1.54) is 6.07 Å². The largest absolute Gasteiger partial charge is 0.368 e. The van der Waals surface area contributed by atoms with Crippen LogP contribution in [-0.2, 0) is 0 Å². The molecule has 0 saturated heterocycles. The number of nitrogen functional groups attached to an aromatic ring is 1. The number of hydrogen-bond donors (Lipinski definition) is 1. The van der Waals surface area contributed by atoms with Gasteiger partial charge in [0.2, 0.25) is 5.95 Å². The Bertz CT molecular complexity index is 137. The molecule has 0 unspecified atom stereocenters. The molecule has 7 heavy (non-hydrogen) atoms. The van der Waals surface area contributed by atoms with Gasteiger partial charge in [-0.1, -0.05) is 0 Å². The van der Waals surface area contributed by atoms with E-state index in [4.69, 9.17) is 5.73 Å². The fourth-order valence-corrected chi connectivity index (χ4v) is 0.251. The van der Waals surface area contributed by atoms with Gasteiger partial charge in [0.25, 0.3) is 0 Å². The van der Waals surface area contributed by atoms with E-state index in [0.717, 1.165) is 0 Å². The molecule has 0 amide bonds. The molecular weight excluding hydrogens is 90.1 g/mol. The first-order valence-corrected chi connectivity index (χ1v) is 1.76. The van der Waals surface area contributed by atoms with Crippen LogP contribution in [0.4, 0.5) is 5.95 Å². The number of anilines is 1. The predicted molar refractivity (Wildman–Crippen MR) is 24.1 cm³/mol. The zero-order valence-corrected chi connectivity index (χ0v) is 3.55. The van der Waals surface area contributed by atoms with Crippen molar-refractivity contribution in [1.82, 2.24) is 9.97 Å². The quantitative estimate of drug-likeness (QED) is 0.477. The van der Waals surface area contributed by atoms with Crippen LogP contribution in [0.25, 0.3) is 0 Å². The van der Waals surface area contributed by atoms with E-state index in [1.807, 2.05) is 0 Å². The third kappa shape index (κ3) is 0.855. The molecule has 0 aromatic carbocycles. The van der Waals surface area contributed by atoms with Crippen LogP contribution < -0.4 is 5.73 Å². The van der Waals surface area contributed by atoms with Gasteiger partial charge in [-0.15, -0.1) is 0 Å². The van der Waals surface area contributed by atoms with E-state index in [0.29, 0.717) is 0 Å². The predicted octanol–water partition coefficient (Wildman–Crippen LogP) is -0.341. The standard InChI is InChI=1S/C4H3N3/c5-4-6-2-1-3-7-4/h1H,(H2,5,6,7). The summed E-state index contributed by atoms with van der Waals surface area (Å²) >= 11 is 0. The summed E-state index contributed by atoms with van der Waals surface area (Å²) in [5.41, 5.74) is 5.07. The van der Waals surface area contributed by atoms with Crippen molar-refractivity contribution in [3.63, 3.8) is 0 Å². The summed E-state index contributed by atoms with van der Waals surface area (Å²) in [7, 11) is 0. The number of nitrogens with two attached hydrogens (primary N) is 1. The molecule has 3 heteroatoms. The lowest BCUT2D eigenvalue weighted by Crippen LogP contribution is -1.90. The molecule has 0 aliphatic heterocycles. The number of nitrogens with zero attached hydrogens (tertiary/aromatic N) is 2. The maximum absolute atomic E-state index is 5.07. The first-order chi connectivity index (χ1) is 3.39. The highest BCUT2D eigenvalue weighted by Crippen LogP contribution is 1.79. The minimum Gasteiger partial charge on any atom is -0.368 e. The van der Waals surface area contributed by atoms with Crippen LogP contribution in [0.1, 0.15) is 0 Å². The molecule has 2 radical (unpaired) electrons. The van der Waals surface area contributed by atoms with Gasteiger partial charge >= 0.3 is 0 Å². The maximum Gasteiger partial charge on any atom is 0.221 e. The SMILES string of the molecule is Nc1n[c]c[c]n1. The topological polar surface area (TPSA) is 51.8 Å². The van der Waals surface area contributed by atoms with Gasteiger partial charge in [0.15, 0.2) is 0 Å². The molecule has 0 saturated carbocycles. The van der Waals surface area contributed by atoms with Crippen LogP contribution in [0.2, 0.25) is 0 Å². The van der Waals surface area contributed by atoms with Crippen molar-refractivity contribution >= 4 is 5.95 Å². The molecule has 2 N–H and O–H groups in total. The highest BCUT2D eigenvalue weighted by molar-refractivity contribution is 5.10. The molecule has 0 bridgehead atoms. The molecular formula is C4H3N3. The Kier molecular flexibility index (Phi) is 0.898. The molecule has 3 nitrogen and oxygen atoms in total. The summed E-state index contributed by atoms with van der Waals surface area (Å²) in [6, 6.07) is 1.47. The molecule has 1 aromatic heterocycles. The van der Waals surface area contributed by atoms with Crippen molar-refractivity contribution in [3.05, 3.63) is 18.5 Å². The number of aromatic nitrogens is 2. The van der Waals surface area contributed by atoms with E-state index in [9.17, 15) is 0 Å². The van der Waals surface area contributed by atoms with Crippen molar-refractivity contribution in [2.75, 3.05) is 5.73 Å². The lowest BCUT2D eigenvalue weighted by molar-refractivity contribution is 1.17. The average Bonchev–Trinajstić information content (AvgIpc) is 1.69. The normalized spacial score (nSPS) is 8.57. The van der Waals surface area contributed by atoms with Gasteiger partial charge in [-0.3, -0.25) is 0 Å². The van der Waals surface area contributed by atoms with Gasteiger partial charge in [-0.25, -0.2) is 9.97 Å². The second-order valence-electron chi connectivity index (χ2n) is 0.984. The summed E-state index contributed by atoms with van der Waals surface area (Å²) in [5.74, 6) is 0.211. The molecule has 0 fully saturated rings. The minimum absolute atomic E-state index is 0.211. The Morgan fingerprint density at radius 1 is 1.43 bits per heavy atom. The molecule has 0 aliphatic carbocycles. The van der Waals surface area contributed by atoms with Crippen molar-refractivity contribution in [1.29, 1.82) is 0 Å². The van der Waals surface area contributed by atoms with Crippen LogP contribution in [0.15, 0.2) is 6.07 Å². The van der Waals surface area contributed by atoms with Crippen molar-refractivity contribution in [3.8, 4) is 0 Å². The number of hydrogen-bond acceptors (Lipinski definition) is 3. The first kappa shape index (κ1) is 4.05. The molecule has 1 aromatic rings. The molecule has 34 valence electrons. The summed E-state index contributed by atoms with van der Waals surface area (Å²) in [4.78, 5) is 6.98. The zero-order chi connectivity index (χ0) is 5.11. The van der Waals surface area contributed by atoms with Crippen molar-refractivity contribution in [2.45, 2.75) is 0 Å². The summed E-state index contributed by atoms with van der Waals surface area (Å²) in [6.07, 6.45) is 4.94. The van der Waals surface area contributed by atoms with E-state index in [-0.39, 0.29) is 5.95 Å². The van der Waals surface area contributed by atoms with Gasteiger partial charge in [-0.05, 0) is 6.07 Å². The van der Waals surface area contributed by atoms with Crippen molar-refractivity contribution in [2.24, 2.45) is 0 Å². The second-order valence-corrected chi connectivity index (χ2v) is 0.984. The Morgan fingerprint density at radius 3 is 2.29 bits per heavy atom. The van der Waals surface area contributed by atoms with Gasteiger partial charge in [0.05, 0.1) is 12.4 Å². The third-order valence-electron chi connectivity index (χ3n) is 0.487. The Hall–Kier alpha value is -1.12. The van der Waals surface area contributed by atoms with E-state index >= 15 is 0 Å². The monoisotopic (exact) mass is 93.0 g/mol. The van der Waals surface area contributed by atoms with Crippen LogP contribution in [0.5, 0.6) is 0 Å². The lowest BCUT2D eigenvalue weighted by Gasteiger charge is -1.80. The molecule has 0 atom stereocenters. The molecule has 1 heterocycles. The maximum atomic E-state index is 5.07. The highest BCUT2D eigenvalue weighted by atomic mass is 15.0. The second kappa shape index (κ2) is 1.55. The van der Waals surface area contributed by atoms with Crippen LogP contribution >= 0.6 is 0 Å². The fourth-order valence-electron chi connectivity index (χ4n) is 0.251. The average molecular weight is 93.1 g/mol. The first-order valence-electron chi connectivity index (χ1n) is 1.76. The summed E-state index contributed by atoms with van der Waals surface area (Å²) in [5, 5.41) is 0. The molecule has 0 aliphatic rings.